The Morgan fingerprint density at radius 3 is 1.91 bits per heavy atom. The van der Waals surface area contributed by atoms with Gasteiger partial charge in [-0.25, -0.2) is 4.79 Å². The van der Waals surface area contributed by atoms with E-state index >= 15 is 0 Å². The molecule has 0 aromatic heterocycles. The van der Waals surface area contributed by atoms with Gasteiger partial charge in [0.05, 0.1) is 18.6 Å². The number of Topliss-reactive ketones (excluding diaryl/α,β-unsaturated/α-hetero) is 2. The Morgan fingerprint density at radius 2 is 1.41 bits per heavy atom. The van der Waals surface area contributed by atoms with Crippen LogP contribution in [0.15, 0.2) is 78.9 Å². The first kappa shape index (κ1) is 25.2. The maximum atomic E-state index is 13.8. The third kappa shape index (κ3) is 5.20. The molecule has 2 unspecified atom stereocenters. The molecule has 0 spiro atoms. The number of hydrogen-bond donors (Lipinski definition) is 0. The summed E-state index contributed by atoms with van der Waals surface area (Å²) in [7, 11) is 0. The molecule has 0 amide bonds. The van der Waals surface area contributed by atoms with E-state index in [1.54, 1.807) is 49.4 Å². The van der Waals surface area contributed by atoms with Crippen molar-refractivity contribution in [2.45, 2.75) is 18.8 Å². The normalized spacial score (nSPS) is 13.2. The van der Waals surface area contributed by atoms with E-state index in [-0.39, 0.29) is 17.7 Å². The zero-order chi connectivity index (χ0) is 24.7. The van der Waals surface area contributed by atoms with Gasteiger partial charge in [0.1, 0.15) is 0 Å². The highest BCUT2D eigenvalue weighted by Gasteiger charge is 2.53. The Kier molecular flexibility index (Phi) is 8.22. The van der Waals surface area contributed by atoms with E-state index in [0.717, 1.165) is 0 Å². The summed E-state index contributed by atoms with van der Waals surface area (Å²) in [6, 6.07) is 22.5. The van der Waals surface area contributed by atoms with Gasteiger partial charge in [-0.1, -0.05) is 53.5 Å². The van der Waals surface area contributed by atoms with Crippen molar-refractivity contribution in [1.82, 2.24) is 0 Å². The standard InChI is InChI=1S/C27H21Cl2NO4/c1-2-34-26(33)27(17-30,20-6-4-3-5-7-20)23(25(32)19-10-14-22(29)15-11-19)16-24(31)18-8-12-21(28)13-9-18/h3-15,23H,2,16H2,1H3. The van der Waals surface area contributed by atoms with Crippen molar-refractivity contribution >= 4 is 40.7 Å². The molecule has 3 rings (SSSR count). The van der Waals surface area contributed by atoms with Crippen LogP contribution in [0.4, 0.5) is 0 Å². The molecule has 0 aliphatic heterocycles. The summed E-state index contributed by atoms with van der Waals surface area (Å²) >= 11 is 11.9. The highest BCUT2D eigenvalue weighted by atomic mass is 35.5. The Labute approximate surface area is 207 Å². The lowest BCUT2D eigenvalue weighted by atomic mass is 9.66. The summed E-state index contributed by atoms with van der Waals surface area (Å²) in [4.78, 5) is 40.4. The average molecular weight is 494 g/mol. The van der Waals surface area contributed by atoms with Gasteiger partial charge in [-0.05, 0) is 61.0 Å². The molecule has 7 heteroatoms. The van der Waals surface area contributed by atoms with Crippen LogP contribution in [0.1, 0.15) is 39.6 Å². The monoisotopic (exact) mass is 493 g/mol. The number of benzene rings is 3. The highest BCUT2D eigenvalue weighted by molar-refractivity contribution is 6.31. The first-order chi connectivity index (χ1) is 16.3. The smallest absolute Gasteiger partial charge is 0.331 e. The molecular weight excluding hydrogens is 473 g/mol. The van der Waals surface area contributed by atoms with Crippen LogP contribution in [0.25, 0.3) is 0 Å². The van der Waals surface area contributed by atoms with E-state index in [4.69, 9.17) is 27.9 Å². The first-order valence-corrected chi connectivity index (χ1v) is 11.3. The third-order valence-electron chi connectivity index (χ3n) is 5.53. The number of carbonyl (C=O) groups excluding carboxylic acids is 3. The molecule has 172 valence electrons. The van der Waals surface area contributed by atoms with Gasteiger partial charge in [-0.3, -0.25) is 9.59 Å². The predicted octanol–water partition coefficient (Wildman–Crippen LogP) is 6.09. The summed E-state index contributed by atoms with van der Waals surface area (Å²) in [6.07, 6.45) is -0.398. The molecule has 3 aromatic rings. The topological polar surface area (TPSA) is 84.2 Å². The molecule has 0 saturated heterocycles. The summed E-state index contributed by atoms with van der Waals surface area (Å²) < 4.78 is 5.28. The number of nitrogens with zero attached hydrogens (tertiary/aromatic N) is 1. The average Bonchev–Trinajstić information content (AvgIpc) is 2.85. The fourth-order valence-electron chi connectivity index (χ4n) is 3.79. The van der Waals surface area contributed by atoms with Crippen LogP contribution in [0.5, 0.6) is 0 Å². The maximum Gasteiger partial charge on any atom is 0.331 e. The number of nitriles is 1. The largest absolute Gasteiger partial charge is 0.465 e. The summed E-state index contributed by atoms with van der Waals surface area (Å²) in [5.41, 5.74) is -1.25. The molecular formula is C27H21Cl2NO4. The lowest BCUT2D eigenvalue weighted by Gasteiger charge is -2.32. The molecule has 5 nitrogen and oxygen atoms in total. The minimum atomic E-state index is -2.05. The zero-order valence-electron chi connectivity index (χ0n) is 18.3. The molecule has 0 heterocycles. The minimum absolute atomic E-state index is 0.00207. The Hall–Kier alpha value is -3.46. The quantitative estimate of drug-likeness (QED) is 0.266. The van der Waals surface area contributed by atoms with Crippen molar-refractivity contribution in [2.24, 2.45) is 5.92 Å². The van der Waals surface area contributed by atoms with Gasteiger partial charge in [-0.2, -0.15) is 5.26 Å². The number of ether oxygens (including phenoxy) is 1. The van der Waals surface area contributed by atoms with Crippen molar-refractivity contribution in [3.8, 4) is 6.07 Å². The van der Waals surface area contributed by atoms with Crippen molar-refractivity contribution in [2.75, 3.05) is 6.61 Å². The van der Waals surface area contributed by atoms with E-state index in [2.05, 4.69) is 0 Å². The first-order valence-electron chi connectivity index (χ1n) is 10.6. The Bertz CT molecular complexity index is 1220. The number of rotatable bonds is 9. The van der Waals surface area contributed by atoms with E-state index in [1.165, 1.54) is 36.4 Å². The second kappa shape index (κ2) is 11.1. The molecule has 0 aliphatic rings. The van der Waals surface area contributed by atoms with Crippen LogP contribution >= 0.6 is 23.2 Å². The maximum absolute atomic E-state index is 13.8. The van der Waals surface area contributed by atoms with Crippen LogP contribution in [-0.2, 0) is 14.9 Å². The molecule has 0 N–H and O–H groups in total. The van der Waals surface area contributed by atoms with Crippen molar-refractivity contribution in [3.05, 3.63) is 106 Å². The number of halogens is 2. The van der Waals surface area contributed by atoms with Gasteiger partial charge in [-0.15, -0.1) is 0 Å². The fraction of sp³-hybridized carbons (Fsp3) is 0.185. The lowest BCUT2D eigenvalue weighted by molar-refractivity contribution is -0.149. The summed E-state index contributed by atoms with van der Waals surface area (Å²) in [5, 5.41) is 11.3. The lowest BCUT2D eigenvalue weighted by Crippen LogP contribution is -2.47. The fourth-order valence-corrected chi connectivity index (χ4v) is 4.04. The third-order valence-corrected chi connectivity index (χ3v) is 6.03. The molecule has 0 aliphatic carbocycles. The SMILES string of the molecule is CCOC(=O)C(C#N)(c1ccccc1)C(CC(=O)c1ccc(Cl)cc1)C(=O)c1ccc(Cl)cc1. The van der Waals surface area contributed by atoms with Gasteiger partial charge >= 0.3 is 5.97 Å². The number of carbonyl (C=O) groups is 3. The van der Waals surface area contributed by atoms with Gasteiger partial charge in [0.2, 0.25) is 0 Å². The second-order valence-electron chi connectivity index (χ2n) is 7.56. The second-order valence-corrected chi connectivity index (χ2v) is 8.44. The van der Waals surface area contributed by atoms with Gasteiger partial charge in [0.25, 0.3) is 0 Å². The number of ketones is 2. The Morgan fingerprint density at radius 1 is 0.882 bits per heavy atom. The highest BCUT2D eigenvalue weighted by Crippen LogP contribution is 2.39. The summed E-state index contributed by atoms with van der Waals surface area (Å²) in [5.74, 6) is -3.20. The molecule has 0 radical (unpaired) electrons. The van der Waals surface area contributed by atoms with Gasteiger partial charge in [0, 0.05) is 27.6 Å². The van der Waals surface area contributed by atoms with Crippen molar-refractivity contribution in [1.29, 1.82) is 5.26 Å². The minimum Gasteiger partial charge on any atom is -0.465 e. The van der Waals surface area contributed by atoms with Crippen LogP contribution in [-0.4, -0.2) is 24.1 Å². The van der Waals surface area contributed by atoms with E-state index in [1.807, 2.05) is 6.07 Å². The van der Waals surface area contributed by atoms with E-state index < -0.39 is 35.3 Å². The number of esters is 1. The molecule has 0 fully saturated rings. The van der Waals surface area contributed by atoms with Crippen LogP contribution in [0.2, 0.25) is 10.0 Å². The van der Waals surface area contributed by atoms with Crippen LogP contribution in [0, 0.1) is 17.2 Å². The molecule has 0 saturated carbocycles. The molecule has 3 aromatic carbocycles. The molecule has 0 bridgehead atoms. The number of hydrogen-bond acceptors (Lipinski definition) is 5. The van der Waals surface area contributed by atoms with Gasteiger partial charge < -0.3 is 4.74 Å². The summed E-state index contributed by atoms with van der Waals surface area (Å²) in [6.45, 7) is 1.61. The van der Waals surface area contributed by atoms with Crippen molar-refractivity contribution < 1.29 is 19.1 Å². The van der Waals surface area contributed by atoms with Crippen molar-refractivity contribution in [3.63, 3.8) is 0 Å². The Balaban J connectivity index is 2.19. The van der Waals surface area contributed by atoms with Crippen LogP contribution in [0.3, 0.4) is 0 Å². The van der Waals surface area contributed by atoms with E-state index in [0.29, 0.717) is 15.6 Å². The van der Waals surface area contributed by atoms with Gasteiger partial charge in [0.15, 0.2) is 17.0 Å². The van der Waals surface area contributed by atoms with E-state index in [9.17, 15) is 19.6 Å². The van der Waals surface area contributed by atoms with Crippen LogP contribution < -0.4 is 0 Å². The zero-order valence-corrected chi connectivity index (χ0v) is 19.8. The molecule has 2 atom stereocenters. The predicted molar refractivity (Wildman–Crippen MR) is 130 cm³/mol. The molecule has 34 heavy (non-hydrogen) atoms.